The molecule has 0 spiro atoms. The second-order valence-corrected chi connectivity index (χ2v) is 8.94. The third-order valence-electron chi connectivity index (χ3n) is 4.13. The summed E-state index contributed by atoms with van der Waals surface area (Å²) in [4.78, 5) is 15.7. The second-order valence-electron chi connectivity index (χ2n) is 6.84. The molecule has 6 heteroatoms. The molecule has 0 aliphatic carbocycles. The molecule has 0 atom stereocenters. The van der Waals surface area contributed by atoms with E-state index in [1.54, 1.807) is 13.0 Å². The van der Waals surface area contributed by atoms with Crippen LogP contribution in [0.15, 0.2) is 42.5 Å². The van der Waals surface area contributed by atoms with Crippen LogP contribution in [0.1, 0.15) is 34.3 Å². The molecule has 0 saturated carbocycles. The number of nitrogens with zero attached hydrogens (tertiary/aromatic N) is 2. The van der Waals surface area contributed by atoms with Crippen molar-refractivity contribution in [2.75, 3.05) is 6.61 Å². The third-order valence-corrected chi connectivity index (χ3v) is 6.63. The maximum atomic E-state index is 11.3. The normalized spacial score (nSPS) is 10.7. The van der Waals surface area contributed by atoms with Crippen LogP contribution in [0.5, 0.6) is 5.75 Å². The van der Waals surface area contributed by atoms with Gasteiger partial charge in [0.15, 0.2) is 0 Å². The molecular formula is C22H20N2O3Se. The van der Waals surface area contributed by atoms with Crippen molar-refractivity contribution in [1.29, 1.82) is 5.26 Å². The fourth-order valence-corrected chi connectivity index (χ4v) is 4.62. The second kappa shape index (κ2) is 8.43. The van der Waals surface area contributed by atoms with Crippen molar-refractivity contribution in [2.24, 2.45) is 5.92 Å². The summed E-state index contributed by atoms with van der Waals surface area (Å²) in [6.07, 6.45) is 0. The van der Waals surface area contributed by atoms with E-state index in [9.17, 15) is 15.2 Å². The van der Waals surface area contributed by atoms with Crippen LogP contribution in [0, 0.1) is 24.2 Å². The Hall–Kier alpha value is -2.87. The molecule has 0 fully saturated rings. The van der Waals surface area contributed by atoms with Crippen molar-refractivity contribution in [3.8, 4) is 33.1 Å². The zero-order chi connectivity index (χ0) is 20.3. The van der Waals surface area contributed by atoms with Crippen LogP contribution in [0.3, 0.4) is 0 Å². The molecule has 0 aliphatic heterocycles. The van der Waals surface area contributed by atoms with E-state index < -0.39 is 5.97 Å². The Morgan fingerprint density at radius 3 is 2.46 bits per heavy atom. The first-order valence-corrected chi connectivity index (χ1v) is 10.6. The number of rotatable bonds is 6. The van der Waals surface area contributed by atoms with Crippen molar-refractivity contribution in [2.45, 2.75) is 20.8 Å². The van der Waals surface area contributed by atoms with Gasteiger partial charge >= 0.3 is 156 Å². The number of hydrogen-bond acceptors (Lipinski definition) is 4. The molecule has 3 rings (SSSR count). The fourth-order valence-electron chi connectivity index (χ4n) is 2.73. The summed E-state index contributed by atoms with van der Waals surface area (Å²) >= 11 is -0.362. The molecule has 0 amide bonds. The third kappa shape index (κ3) is 4.33. The molecule has 0 unspecified atom stereocenters. The number of carbonyl (C=O) groups is 1. The van der Waals surface area contributed by atoms with Crippen LogP contribution in [-0.4, -0.2) is 37.2 Å². The van der Waals surface area contributed by atoms with Gasteiger partial charge in [-0.3, -0.25) is 0 Å². The fraction of sp³-hybridized carbons (Fsp3) is 0.227. The van der Waals surface area contributed by atoms with Crippen molar-refractivity contribution in [3.63, 3.8) is 0 Å². The molecule has 1 N–H and O–H groups in total. The summed E-state index contributed by atoms with van der Waals surface area (Å²) in [5, 5.41) is 18.9. The monoisotopic (exact) mass is 440 g/mol. The molecule has 0 bridgehead atoms. The van der Waals surface area contributed by atoms with E-state index in [1.807, 2.05) is 36.4 Å². The zero-order valence-corrected chi connectivity index (χ0v) is 17.6. The van der Waals surface area contributed by atoms with E-state index in [1.165, 1.54) is 0 Å². The van der Waals surface area contributed by atoms with Gasteiger partial charge in [-0.2, -0.15) is 0 Å². The Kier molecular flexibility index (Phi) is 5.99. The minimum absolute atomic E-state index is 0.362. The Bertz CT molecular complexity index is 1050. The Balaban J connectivity index is 1.91. The predicted molar refractivity (Wildman–Crippen MR) is 109 cm³/mol. The van der Waals surface area contributed by atoms with Gasteiger partial charge in [0.2, 0.25) is 0 Å². The van der Waals surface area contributed by atoms with Gasteiger partial charge in [0.25, 0.3) is 0 Å². The summed E-state index contributed by atoms with van der Waals surface area (Å²) in [6.45, 7) is 6.57. The summed E-state index contributed by atoms with van der Waals surface area (Å²) in [5.41, 5.74) is 3.64. The number of ether oxygens (including phenoxy) is 1. The molecule has 3 aromatic rings. The van der Waals surface area contributed by atoms with Crippen LogP contribution >= 0.6 is 0 Å². The number of aromatic carboxylic acids is 1. The standard InChI is InChI=1S/C22H20N2O3Se/c1-13(2)12-27-18-7-4-15(5-8-18)19-9-6-16(10-17(19)11-23)21-24-14(3)20(28-21)22(25)26/h4-10,13H,12H2,1-3H3,(H,25,26). The first kappa shape index (κ1) is 19.9. The molecular weight excluding hydrogens is 419 g/mol. The van der Waals surface area contributed by atoms with Gasteiger partial charge in [-0.15, -0.1) is 0 Å². The average molecular weight is 439 g/mol. The zero-order valence-electron chi connectivity index (χ0n) is 15.9. The van der Waals surface area contributed by atoms with Crippen molar-refractivity contribution >= 4 is 20.5 Å². The molecule has 1 heterocycles. The van der Waals surface area contributed by atoms with E-state index in [4.69, 9.17) is 4.74 Å². The number of hydrogen-bond donors (Lipinski definition) is 1. The van der Waals surface area contributed by atoms with E-state index in [0.717, 1.165) is 27.0 Å². The summed E-state index contributed by atoms with van der Waals surface area (Å²) in [6, 6.07) is 15.5. The minimum atomic E-state index is -0.923. The van der Waals surface area contributed by atoms with Crippen molar-refractivity contribution in [1.82, 2.24) is 4.98 Å². The number of aryl methyl sites for hydroxylation is 1. The molecule has 1 aromatic heterocycles. The van der Waals surface area contributed by atoms with Gasteiger partial charge in [0.05, 0.1) is 0 Å². The first-order chi connectivity index (χ1) is 13.4. The first-order valence-electron chi connectivity index (χ1n) is 8.87. The Morgan fingerprint density at radius 2 is 1.89 bits per heavy atom. The topological polar surface area (TPSA) is 83.2 Å². The van der Waals surface area contributed by atoms with Gasteiger partial charge in [-0.1, -0.05) is 13.8 Å². The van der Waals surface area contributed by atoms with E-state index in [-0.39, 0.29) is 14.5 Å². The van der Waals surface area contributed by atoms with Crippen molar-refractivity contribution < 1.29 is 14.6 Å². The van der Waals surface area contributed by atoms with Gasteiger partial charge in [0.1, 0.15) is 0 Å². The van der Waals surface area contributed by atoms with E-state index in [0.29, 0.717) is 28.2 Å². The molecule has 142 valence electrons. The van der Waals surface area contributed by atoms with Gasteiger partial charge in [-0.25, -0.2) is 0 Å². The molecule has 0 aliphatic rings. The Morgan fingerprint density at radius 1 is 1.21 bits per heavy atom. The molecule has 5 nitrogen and oxygen atoms in total. The van der Waals surface area contributed by atoms with E-state index in [2.05, 4.69) is 24.9 Å². The molecule has 2 aromatic carbocycles. The number of aromatic nitrogens is 1. The van der Waals surface area contributed by atoms with Crippen LogP contribution < -0.4 is 4.74 Å². The summed E-state index contributed by atoms with van der Waals surface area (Å²) in [5.74, 6) is 0.337. The van der Waals surface area contributed by atoms with Gasteiger partial charge < -0.3 is 0 Å². The summed E-state index contributed by atoms with van der Waals surface area (Å²) in [7, 11) is 0. The number of carboxylic acid groups (broad SMARTS) is 1. The summed E-state index contributed by atoms with van der Waals surface area (Å²) < 4.78 is 6.81. The molecule has 28 heavy (non-hydrogen) atoms. The van der Waals surface area contributed by atoms with Gasteiger partial charge in [0, 0.05) is 0 Å². The van der Waals surface area contributed by atoms with E-state index >= 15 is 0 Å². The van der Waals surface area contributed by atoms with Gasteiger partial charge in [-0.05, 0) is 0 Å². The van der Waals surface area contributed by atoms with Crippen LogP contribution in [0.25, 0.3) is 21.3 Å². The molecule has 0 saturated heterocycles. The number of benzene rings is 2. The average Bonchev–Trinajstić information content (AvgIpc) is 3.08. The van der Waals surface area contributed by atoms with Crippen molar-refractivity contribution in [3.05, 3.63) is 58.2 Å². The number of nitriles is 1. The van der Waals surface area contributed by atoms with Crippen LogP contribution in [0.4, 0.5) is 0 Å². The maximum absolute atomic E-state index is 11.3. The molecule has 0 radical (unpaired) electrons. The number of carboxylic acids is 1. The SMILES string of the molecule is Cc1nc(-c2ccc(-c3ccc(OCC(C)C)cc3)c(C#N)c2)[se]c1C(=O)O. The quantitative estimate of drug-likeness (QED) is 0.576. The Labute approximate surface area is 170 Å². The van der Waals surface area contributed by atoms with Crippen LogP contribution in [0.2, 0.25) is 0 Å². The van der Waals surface area contributed by atoms with Crippen LogP contribution in [-0.2, 0) is 0 Å². The predicted octanol–water partition coefficient (Wildman–Crippen LogP) is 4.39.